The Kier molecular flexibility index (Phi) is 5.54. The third-order valence-electron chi connectivity index (χ3n) is 8.32. The number of pyridine rings is 1. The fraction of sp³-hybridized carbons (Fsp3) is 0.483. The molecule has 2 aromatic carbocycles. The summed E-state index contributed by atoms with van der Waals surface area (Å²) in [6, 6.07) is 19.9. The van der Waals surface area contributed by atoms with Crippen LogP contribution in [0, 0.1) is 6.92 Å². The Morgan fingerprint density at radius 2 is 1.45 bits per heavy atom. The number of hydrogen-bond donors (Lipinski definition) is 0. The highest BCUT2D eigenvalue weighted by molar-refractivity contribution is 6.77. The van der Waals surface area contributed by atoms with Gasteiger partial charge in [-0.3, -0.25) is 0 Å². The van der Waals surface area contributed by atoms with E-state index in [9.17, 15) is 0 Å². The average molecular weight is 429 g/mol. The first-order valence-corrected chi connectivity index (χ1v) is 15.9. The Morgan fingerprint density at radius 3 is 2.19 bits per heavy atom. The van der Waals surface area contributed by atoms with Crippen LogP contribution in [0.3, 0.4) is 0 Å². The summed E-state index contributed by atoms with van der Waals surface area (Å²) in [7, 11) is 1.30. The molecule has 2 heterocycles. The molecule has 0 N–H and O–H groups in total. The van der Waals surface area contributed by atoms with E-state index in [1.807, 2.05) is 0 Å². The molecule has 5 rings (SSSR count). The molecule has 0 bridgehead atoms. The van der Waals surface area contributed by atoms with E-state index in [4.69, 9.17) is 0 Å². The topological polar surface area (TPSA) is 3.88 Å². The number of benzene rings is 2. The minimum atomic E-state index is -0.906. The summed E-state index contributed by atoms with van der Waals surface area (Å²) < 4.78 is 2.33. The molecule has 1 aliphatic carbocycles. The predicted molar refractivity (Wildman–Crippen MR) is 136 cm³/mol. The van der Waals surface area contributed by atoms with Gasteiger partial charge in [-0.1, -0.05) is 62.3 Å². The highest BCUT2D eigenvalue weighted by Gasteiger charge is 2.29. The van der Waals surface area contributed by atoms with Gasteiger partial charge in [-0.15, -0.1) is 0 Å². The van der Waals surface area contributed by atoms with Crippen molar-refractivity contribution in [2.45, 2.75) is 82.5 Å². The van der Waals surface area contributed by atoms with Gasteiger partial charge in [0.25, 0.3) is 0 Å². The largest absolute Gasteiger partial charge is 0.220 e. The van der Waals surface area contributed by atoms with Gasteiger partial charge in [0.15, 0.2) is 6.20 Å². The zero-order valence-corrected chi connectivity index (χ0v) is 20.9. The van der Waals surface area contributed by atoms with Gasteiger partial charge < -0.3 is 0 Å². The lowest BCUT2D eigenvalue weighted by Gasteiger charge is -2.33. The summed E-state index contributed by atoms with van der Waals surface area (Å²) in [5.74, 6) is 1.51. The SMILES string of the molecule is Cc1ccc(C2CCCC2)cc1-c1c2ccc(C3CC[Si](C)(C)CC3)cc2cc[n+]1C. The second kappa shape index (κ2) is 8.20. The number of aromatic nitrogens is 1. The smallest absolute Gasteiger partial charge is 0.200 e. The maximum absolute atomic E-state index is 2.57. The van der Waals surface area contributed by atoms with Crippen LogP contribution in [0.2, 0.25) is 25.2 Å². The molecule has 1 nitrogen and oxygen atoms in total. The number of hydrogen-bond acceptors (Lipinski definition) is 0. The van der Waals surface area contributed by atoms with Gasteiger partial charge in [-0.25, -0.2) is 4.57 Å². The molecule has 0 spiro atoms. The molecule has 1 saturated carbocycles. The van der Waals surface area contributed by atoms with Gasteiger partial charge in [-0.2, -0.15) is 0 Å². The molecular formula is C29H38NSi+. The van der Waals surface area contributed by atoms with Crippen molar-refractivity contribution in [3.05, 3.63) is 65.4 Å². The standard InChI is InChI=1S/C29H38NSi/c1-21-9-10-25(22-7-5-6-8-22)20-28(21)29-27-12-11-24(19-26(27)13-16-30(29)2)23-14-17-31(3,4)18-15-23/h9-13,16,19-20,22-23H,5-8,14-15,17-18H2,1-4H3/q+1. The molecule has 3 aromatic rings. The van der Waals surface area contributed by atoms with E-state index in [1.54, 1.807) is 11.1 Å². The minimum absolute atomic E-state index is 0.755. The fourth-order valence-electron chi connectivity index (χ4n) is 6.12. The van der Waals surface area contributed by atoms with Crippen LogP contribution < -0.4 is 4.57 Å². The van der Waals surface area contributed by atoms with E-state index in [0.717, 1.165) is 11.8 Å². The van der Waals surface area contributed by atoms with Crippen LogP contribution in [0.4, 0.5) is 0 Å². The Labute approximate surface area is 189 Å². The summed E-state index contributed by atoms with van der Waals surface area (Å²) in [6.45, 7) is 7.41. The molecule has 1 aromatic heterocycles. The Balaban J connectivity index is 1.55. The van der Waals surface area contributed by atoms with Crippen LogP contribution in [-0.4, -0.2) is 8.07 Å². The Morgan fingerprint density at radius 1 is 0.806 bits per heavy atom. The van der Waals surface area contributed by atoms with Gasteiger partial charge in [0.05, 0.1) is 5.39 Å². The molecule has 1 saturated heterocycles. The normalized spacial score (nSPS) is 19.9. The van der Waals surface area contributed by atoms with Crippen LogP contribution in [0.15, 0.2) is 48.7 Å². The number of fused-ring (bicyclic) bond motifs is 1. The van der Waals surface area contributed by atoms with E-state index >= 15 is 0 Å². The molecular weight excluding hydrogens is 390 g/mol. The third kappa shape index (κ3) is 4.12. The van der Waals surface area contributed by atoms with E-state index < -0.39 is 8.07 Å². The van der Waals surface area contributed by atoms with Crippen molar-refractivity contribution in [2.75, 3.05) is 0 Å². The van der Waals surface area contributed by atoms with Crippen molar-refractivity contribution < 1.29 is 4.57 Å². The summed E-state index contributed by atoms with van der Waals surface area (Å²) in [6.07, 6.45) is 10.5. The second-order valence-corrected chi connectivity index (χ2v) is 16.4. The first kappa shape index (κ1) is 20.9. The maximum Gasteiger partial charge on any atom is 0.220 e. The quantitative estimate of drug-likeness (QED) is 0.295. The lowest BCUT2D eigenvalue weighted by molar-refractivity contribution is -0.659. The lowest BCUT2D eigenvalue weighted by atomic mass is 9.89. The van der Waals surface area contributed by atoms with Gasteiger partial charge in [0.1, 0.15) is 7.05 Å². The van der Waals surface area contributed by atoms with E-state index in [0.29, 0.717) is 0 Å². The number of rotatable bonds is 3. The van der Waals surface area contributed by atoms with Crippen LogP contribution in [-0.2, 0) is 7.05 Å². The van der Waals surface area contributed by atoms with Crippen LogP contribution in [0.5, 0.6) is 0 Å². The van der Waals surface area contributed by atoms with Crippen molar-refractivity contribution in [3.63, 3.8) is 0 Å². The molecule has 0 radical (unpaired) electrons. The van der Waals surface area contributed by atoms with E-state index in [1.165, 1.54) is 78.2 Å². The molecule has 1 aliphatic heterocycles. The van der Waals surface area contributed by atoms with Crippen LogP contribution in [0.25, 0.3) is 22.0 Å². The fourth-order valence-corrected chi connectivity index (χ4v) is 8.63. The lowest BCUT2D eigenvalue weighted by Crippen LogP contribution is -2.31. The molecule has 2 aliphatic rings. The molecule has 31 heavy (non-hydrogen) atoms. The van der Waals surface area contributed by atoms with Crippen molar-refractivity contribution >= 4 is 18.8 Å². The van der Waals surface area contributed by atoms with Gasteiger partial charge in [-0.05, 0) is 78.7 Å². The summed E-state index contributed by atoms with van der Waals surface area (Å²) in [4.78, 5) is 0. The molecule has 0 amide bonds. The second-order valence-electron chi connectivity index (χ2n) is 11.1. The van der Waals surface area contributed by atoms with E-state index in [-0.39, 0.29) is 0 Å². The third-order valence-corrected chi connectivity index (χ3v) is 11.6. The van der Waals surface area contributed by atoms with Gasteiger partial charge in [0, 0.05) is 19.7 Å². The minimum Gasteiger partial charge on any atom is -0.200 e. The van der Waals surface area contributed by atoms with Gasteiger partial charge >= 0.3 is 0 Å². The highest BCUT2D eigenvalue weighted by atomic mass is 28.3. The summed E-state index contributed by atoms with van der Waals surface area (Å²) >= 11 is 0. The average Bonchev–Trinajstić information content (AvgIpc) is 3.29. The van der Waals surface area contributed by atoms with E-state index in [2.05, 4.69) is 80.3 Å². The Bertz CT molecular complexity index is 1100. The summed E-state index contributed by atoms with van der Waals surface area (Å²) in [5, 5.41) is 2.80. The van der Waals surface area contributed by atoms with Crippen molar-refractivity contribution in [3.8, 4) is 11.3 Å². The van der Waals surface area contributed by atoms with Crippen molar-refractivity contribution in [2.24, 2.45) is 7.05 Å². The number of nitrogens with zero attached hydrogens (tertiary/aromatic N) is 1. The van der Waals surface area contributed by atoms with Crippen LogP contribution >= 0.6 is 0 Å². The monoisotopic (exact) mass is 428 g/mol. The predicted octanol–water partition coefficient (Wildman–Crippen LogP) is 7.88. The first-order valence-electron chi connectivity index (χ1n) is 12.4. The molecule has 2 heteroatoms. The molecule has 162 valence electrons. The van der Waals surface area contributed by atoms with Crippen LogP contribution in [0.1, 0.15) is 67.1 Å². The Hall–Kier alpha value is -1.93. The maximum atomic E-state index is 2.57. The first-order chi connectivity index (χ1) is 14.9. The molecule has 0 atom stereocenters. The zero-order valence-electron chi connectivity index (χ0n) is 19.9. The zero-order chi connectivity index (χ0) is 21.6. The molecule has 2 fully saturated rings. The molecule has 0 unspecified atom stereocenters. The van der Waals surface area contributed by atoms with Crippen molar-refractivity contribution in [1.82, 2.24) is 0 Å². The highest BCUT2D eigenvalue weighted by Crippen LogP contribution is 2.40. The summed E-state index contributed by atoms with van der Waals surface area (Å²) in [5.41, 5.74) is 7.27. The van der Waals surface area contributed by atoms with Gasteiger partial charge in [0.2, 0.25) is 5.69 Å². The van der Waals surface area contributed by atoms with Crippen molar-refractivity contribution in [1.29, 1.82) is 0 Å². The number of aryl methyl sites for hydroxylation is 2.